The average molecular weight is 486 g/mol. The molecule has 1 aliphatic heterocycles. The van der Waals surface area contributed by atoms with Gasteiger partial charge in [-0.3, -0.25) is 14.8 Å². The normalized spacial score (nSPS) is 22.5. The minimum absolute atomic E-state index is 0. The second kappa shape index (κ2) is 8.96. The number of alkyl halides is 3. The first kappa shape index (κ1) is 26.0. The smallest absolute Gasteiger partial charge is 0.385 e. The van der Waals surface area contributed by atoms with Crippen molar-refractivity contribution in [1.82, 2.24) is 4.98 Å². The van der Waals surface area contributed by atoms with E-state index in [2.05, 4.69) is 15.3 Å². The Balaban J connectivity index is 0.00000385. The molecule has 12 heteroatoms. The highest BCUT2D eigenvalue weighted by Crippen LogP contribution is 2.41. The van der Waals surface area contributed by atoms with Gasteiger partial charge in [0.25, 0.3) is 5.91 Å². The fourth-order valence-electron chi connectivity index (χ4n) is 3.22. The summed E-state index contributed by atoms with van der Waals surface area (Å²) in [4.78, 5) is 20.5. The predicted molar refractivity (Wildman–Crippen MR) is 115 cm³/mol. The van der Waals surface area contributed by atoms with Gasteiger partial charge in [0.15, 0.2) is 0 Å². The lowest BCUT2D eigenvalue weighted by molar-refractivity contribution is -0.249. The Hall–Kier alpha value is -3.23. The molecule has 0 fully saturated rings. The molecule has 7 nitrogen and oxygen atoms in total. The van der Waals surface area contributed by atoms with Gasteiger partial charge < -0.3 is 15.8 Å². The molecule has 33 heavy (non-hydrogen) atoms. The van der Waals surface area contributed by atoms with E-state index in [-0.39, 0.29) is 34.9 Å². The number of aliphatic imine (C=N–C) groups is 1. The maximum atomic E-state index is 14.6. The van der Waals surface area contributed by atoms with E-state index in [9.17, 15) is 22.4 Å². The zero-order chi connectivity index (χ0) is 23.9. The maximum absolute atomic E-state index is 14.6. The van der Waals surface area contributed by atoms with Crippen molar-refractivity contribution in [2.45, 2.75) is 38.1 Å². The summed E-state index contributed by atoms with van der Waals surface area (Å²) >= 11 is 0. The number of amidine groups is 1. The molecule has 176 valence electrons. The SMILES string of the molecule is Cc1c(C#N)ccnc1C(=O)Nc1ccc(F)c(C2(C)COC(C)(C(F)(F)F)C(N)=N2)c1.Cl. The molecule has 1 aromatic heterocycles. The lowest BCUT2D eigenvalue weighted by Crippen LogP contribution is -2.60. The Bertz CT molecular complexity index is 1160. The van der Waals surface area contributed by atoms with Gasteiger partial charge in [-0.2, -0.15) is 18.4 Å². The minimum atomic E-state index is -4.81. The molecule has 2 unspecified atom stereocenters. The number of benzene rings is 1. The van der Waals surface area contributed by atoms with E-state index >= 15 is 0 Å². The van der Waals surface area contributed by atoms with Crippen LogP contribution in [-0.4, -0.2) is 35.1 Å². The number of amides is 1. The molecular formula is C21H20ClF4N5O2. The number of carbonyl (C=O) groups is 1. The fourth-order valence-corrected chi connectivity index (χ4v) is 3.22. The predicted octanol–water partition coefficient (Wildman–Crippen LogP) is 4.00. The zero-order valence-corrected chi connectivity index (χ0v) is 18.6. The van der Waals surface area contributed by atoms with Gasteiger partial charge in [-0.1, -0.05) is 0 Å². The quantitative estimate of drug-likeness (QED) is 0.638. The van der Waals surface area contributed by atoms with Gasteiger partial charge in [0.05, 0.1) is 18.2 Å². The molecule has 2 aromatic rings. The molecular weight excluding hydrogens is 466 g/mol. The number of nitrogens with two attached hydrogens (primary N) is 1. The van der Waals surface area contributed by atoms with Crippen LogP contribution in [0.3, 0.4) is 0 Å². The second-order valence-electron chi connectivity index (χ2n) is 7.68. The number of halogens is 5. The Morgan fingerprint density at radius 2 is 1.97 bits per heavy atom. The van der Waals surface area contributed by atoms with Crippen LogP contribution in [0.2, 0.25) is 0 Å². The van der Waals surface area contributed by atoms with Crippen molar-refractivity contribution < 1.29 is 27.1 Å². The van der Waals surface area contributed by atoms with Gasteiger partial charge in [-0.15, -0.1) is 12.4 Å². The van der Waals surface area contributed by atoms with Crippen molar-refractivity contribution in [2.24, 2.45) is 10.7 Å². The van der Waals surface area contributed by atoms with E-state index in [0.29, 0.717) is 5.56 Å². The number of ether oxygens (including phenoxy) is 1. The van der Waals surface area contributed by atoms with E-state index in [1.165, 1.54) is 31.3 Å². The van der Waals surface area contributed by atoms with Crippen LogP contribution in [0.5, 0.6) is 0 Å². The van der Waals surface area contributed by atoms with Crippen LogP contribution in [0.4, 0.5) is 23.2 Å². The number of nitrogens with one attached hydrogen (secondary N) is 1. The largest absolute Gasteiger partial charge is 0.424 e. The topological polar surface area (TPSA) is 113 Å². The minimum Gasteiger partial charge on any atom is -0.385 e. The van der Waals surface area contributed by atoms with Gasteiger partial charge in [-0.05, 0) is 50.6 Å². The monoisotopic (exact) mass is 485 g/mol. The third-order valence-electron chi connectivity index (χ3n) is 5.38. The van der Waals surface area contributed by atoms with Gasteiger partial charge in [0, 0.05) is 17.4 Å². The highest BCUT2D eigenvalue weighted by molar-refractivity contribution is 6.04. The Morgan fingerprint density at radius 1 is 1.30 bits per heavy atom. The molecule has 0 saturated carbocycles. The summed E-state index contributed by atoms with van der Waals surface area (Å²) in [6.07, 6.45) is -3.49. The number of nitrogens with zero attached hydrogens (tertiary/aromatic N) is 3. The van der Waals surface area contributed by atoms with E-state index in [0.717, 1.165) is 13.0 Å². The maximum Gasteiger partial charge on any atom is 0.424 e. The average Bonchev–Trinajstić information content (AvgIpc) is 2.71. The van der Waals surface area contributed by atoms with Crippen LogP contribution in [0, 0.1) is 24.1 Å². The first-order chi connectivity index (χ1) is 14.8. The van der Waals surface area contributed by atoms with Gasteiger partial charge in [0.2, 0.25) is 5.60 Å². The van der Waals surface area contributed by atoms with Crippen LogP contribution in [0.1, 0.15) is 41.0 Å². The molecule has 2 heterocycles. The van der Waals surface area contributed by atoms with Crippen LogP contribution in [0.25, 0.3) is 0 Å². The number of carbonyl (C=O) groups excluding carboxylic acids is 1. The number of hydrogen-bond acceptors (Lipinski definition) is 6. The van der Waals surface area contributed by atoms with Crippen LogP contribution in [0.15, 0.2) is 35.5 Å². The van der Waals surface area contributed by atoms with E-state index in [1.807, 2.05) is 6.07 Å². The van der Waals surface area contributed by atoms with Crippen molar-refractivity contribution >= 4 is 29.8 Å². The summed E-state index contributed by atoms with van der Waals surface area (Å²) in [6, 6.07) is 6.98. The van der Waals surface area contributed by atoms with Crippen molar-refractivity contribution in [3.63, 3.8) is 0 Å². The number of hydrogen-bond donors (Lipinski definition) is 2. The molecule has 1 aliphatic rings. The molecule has 0 radical (unpaired) electrons. The summed E-state index contributed by atoms with van der Waals surface area (Å²) < 4.78 is 59.6. The number of nitriles is 1. The number of aromatic nitrogens is 1. The second-order valence-corrected chi connectivity index (χ2v) is 7.68. The number of rotatable bonds is 3. The first-order valence-electron chi connectivity index (χ1n) is 9.36. The molecule has 1 aromatic carbocycles. The van der Waals surface area contributed by atoms with Gasteiger partial charge in [-0.25, -0.2) is 4.39 Å². The van der Waals surface area contributed by atoms with E-state index in [1.54, 1.807) is 6.92 Å². The molecule has 0 aliphatic carbocycles. The third kappa shape index (κ3) is 4.62. The lowest BCUT2D eigenvalue weighted by Gasteiger charge is -2.41. The Labute approximate surface area is 193 Å². The highest BCUT2D eigenvalue weighted by Gasteiger charge is 2.59. The molecule has 3 N–H and O–H groups in total. The molecule has 2 atom stereocenters. The van der Waals surface area contributed by atoms with Crippen molar-refractivity contribution in [3.8, 4) is 6.07 Å². The summed E-state index contributed by atoms with van der Waals surface area (Å²) in [5.41, 5.74) is 1.91. The summed E-state index contributed by atoms with van der Waals surface area (Å²) in [5.74, 6) is -2.24. The van der Waals surface area contributed by atoms with Crippen molar-refractivity contribution in [3.05, 3.63) is 58.7 Å². The number of anilines is 1. The van der Waals surface area contributed by atoms with E-state index in [4.69, 9.17) is 15.7 Å². The standard InChI is InChI=1S/C21H19F4N5O2.ClH/c1-11-12(9-26)6-7-28-16(11)17(31)29-13-4-5-15(22)14(8-13)19(2)10-32-20(3,18(27)30-19)21(23,24)25;/h4-8H,10H2,1-3H3,(H2,27,30)(H,29,31);1H. The van der Waals surface area contributed by atoms with Crippen molar-refractivity contribution in [1.29, 1.82) is 5.26 Å². The van der Waals surface area contributed by atoms with E-state index < -0.39 is 41.5 Å². The Kier molecular flexibility index (Phi) is 7.06. The Morgan fingerprint density at radius 3 is 2.55 bits per heavy atom. The van der Waals surface area contributed by atoms with Gasteiger partial charge in [0.1, 0.15) is 22.9 Å². The van der Waals surface area contributed by atoms with Crippen LogP contribution < -0.4 is 11.1 Å². The summed E-state index contributed by atoms with van der Waals surface area (Å²) in [7, 11) is 0. The van der Waals surface area contributed by atoms with Crippen molar-refractivity contribution in [2.75, 3.05) is 11.9 Å². The summed E-state index contributed by atoms with van der Waals surface area (Å²) in [5, 5.41) is 11.7. The highest BCUT2D eigenvalue weighted by atomic mass is 35.5. The molecule has 0 bridgehead atoms. The fraction of sp³-hybridized carbons (Fsp3) is 0.333. The first-order valence-corrected chi connectivity index (χ1v) is 9.36. The van der Waals surface area contributed by atoms with Gasteiger partial charge >= 0.3 is 6.18 Å². The van der Waals surface area contributed by atoms with Crippen LogP contribution >= 0.6 is 12.4 Å². The molecule has 3 rings (SSSR count). The number of pyridine rings is 1. The lowest BCUT2D eigenvalue weighted by atomic mass is 9.89. The molecule has 0 saturated heterocycles. The molecule has 0 spiro atoms. The molecule has 1 amide bonds. The summed E-state index contributed by atoms with van der Waals surface area (Å²) in [6.45, 7) is 3.10. The third-order valence-corrected chi connectivity index (χ3v) is 5.38. The van der Waals surface area contributed by atoms with Crippen LogP contribution in [-0.2, 0) is 10.3 Å². The zero-order valence-electron chi connectivity index (χ0n) is 17.7.